The van der Waals surface area contributed by atoms with Crippen molar-refractivity contribution in [3.8, 4) is 22.3 Å². The number of nitrogen functional groups attached to an aromatic ring is 1. The molecule has 0 spiro atoms. The standard InChI is InChI=1S/C28H32N4O.C2H6/c1-18(2)22-4-3-13-32(17-22)24-8-5-19(6-9-24)23-15-26(27(29)31-16-23)20-7-10-25-21(14-20)11-12-30-28(25)33;1-2/h5-10,14-16,18,22H,3-4,11-13,17H2,1-2H3,(H2,29,31)(H,30,33);1-2H3. The highest BCUT2D eigenvalue weighted by molar-refractivity contribution is 5.97. The van der Waals surface area contributed by atoms with Crippen LogP contribution in [0.4, 0.5) is 11.5 Å². The Balaban J connectivity index is 0.00000141. The Morgan fingerprint density at radius 1 is 1.00 bits per heavy atom. The molecular weight excluding hydrogens is 432 g/mol. The third-order valence-electron chi connectivity index (χ3n) is 7.23. The monoisotopic (exact) mass is 470 g/mol. The van der Waals surface area contributed by atoms with Gasteiger partial charge in [0.2, 0.25) is 0 Å². The molecular formula is C30H38N4O. The summed E-state index contributed by atoms with van der Waals surface area (Å²) in [7, 11) is 0. The van der Waals surface area contributed by atoms with Crippen LogP contribution in [-0.4, -0.2) is 30.5 Å². The lowest BCUT2D eigenvalue weighted by molar-refractivity contribution is 0.0946. The summed E-state index contributed by atoms with van der Waals surface area (Å²) in [5, 5.41) is 2.90. The van der Waals surface area contributed by atoms with Gasteiger partial charge in [0.15, 0.2) is 0 Å². The first-order valence-corrected chi connectivity index (χ1v) is 13.0. The van der Waals surface area contributed by atoms with Crippen LogP contribution in [0.15, 0.2) is 54.7 Å². The summed E-state index contributed by atoms with van der Waals surface area (Å²) in [4.78, 5) is 19.1. The third-order valence-corrected chi connectivity index (χ3v) is 7.23. The number of nitrogens with two attached hydrogens (primary N) is 1. The molecule has 5 heteroatoms. The van der Waals surface area contributed by atoms with E-state index in [9.17, 15) is 4.79 Å². The summed E-state index contributed by atoms with van der Waals surface area (Å²) in [5.74, 6) is 1.99. The molecule has 0 saturated carbocycles. The highest BCUT2D eigenvalue weighted by atomic mass is 16.1. The average Bonchev–Trinajstić information content (AvgIpc) is 2.90. The van der Waals surface area contributed by atoms with Crippen LogP contribution in [0.3, 0.4) is 0 Å². The van der Waals surface area contributed by atoms with Crippen LogP contribution < -0.4 is 16.0 Å². The number of piperidine rings is 1. The van der Waals surface area contributed by atoms with Gasteiger partial charge in [0.1, 0.15) is 5.82 Å². The number of anilines is 2. The number of rotatable bonds is 4. The fourth-order valence-electron chi connectivity index (χ4n) is 5.11. The van der Waals surface area contributed by atoms with E-state index in [2.05, 4.69) is 65.4 Å². The summed E-state index contributed by atoms with van der Waals surface area (Å²) in [6, 6.07) is 16.9. The van der Waals surface area contributed by atoms with Crippen LogP contribution in [0.5, 0.6) is 0 Å². The van der Waals surface area contributed by atoms with Gasteiger partial charge >= 0.3 is 0 Å². The van der Waals surface area contributed by atoms with E-state index in [0.29, 0.717) is 12.4 Å². The number of pyridine rings is 1. The Bertz CT molecular complexity index is 1170. The summed E-state index contributed by atoms with van der Waals surface area (Å²) < 4.78 is 0. The largest absolute Gasteiger partial charge is 0.383 e. The van der Waals surface area contributed by atoms with Gasteiger partial charge in [0.05, 0.1) is 0 Å². The zero-order chi connectivity index (χ0) is 24.9. The summed E-state index contributed by atoms with van der Waals surface area (Å²) >= 11 is 0. The number of benzene rings is 2. The maximum atomic E-state index is 12.1. The molecule has 184 valence electrons. The van der Waals surface area contributed by atoms with E-state index in [-0.39, 0.29) is 5.91 Å². The molecule has 0 bridgehead atoms. The second kappa shape index (κ2) is 10.9. The number of amides is 1. The van der Waals surface area contributed by atoms with E-state index in [0.717, 1.165) is 64.7 Å². The Morgan fingerprint density at radius 3 is 2.49 bits per heavy atom. The zero-order valence-corrected chi connectivity index (χ0v) is 21.5. The predicted molar refractivity (Wildman–Crippen MR) is 147 cm³/mol. The maximum absolute atomic E-state index is 12.1. The van der Waals surface area contributed by atoms with Crippen molar-refractivity contribution < 1.29 is 4.79 Å². The number of hydrogen-bond donors (Lipinski definition) is 2. The number of fused-ring (bicyclic) bond motifs is 1. The SMILES string of the molecule is CC.CC(C)C1CCCN(c2ccc(-c3cnc(N)c(-c4ccc5c(c4)CCNC5=O)c3)cc2)C1. The Hall–Kier alpha value is -3.34. The molecule has 2 aliphatic rings. The average molecular weight is 471 g/mol. The van der Waals surface area contributed by atoms with Crippen molar-refractivity contribution in [3.05, 3.63) is 65.9 Å². The molecule has 35 heavy (non-hydrogen) atoms. The summed E-state index contributed by atoms with van der Waals surface area (Å²) in [5.41, 5.74) is 13.4. The number of nitrogens with zero attached hydrogens (tertiary/aromatic N) is 2. The van der Waals surface area contributed by atoms with Crippen LogP contribution >= 0.6 is 0 Å². The molecule has 1 aromatic heterocycles. The molecule has 2 aromatic carbocycles. The lowest BCUT2D eigenvalue weighted by Gasteiger charge is -2.36. The van der Waals surface area contributed by atoms with Gasteiger partial charge in [-0.2, -0.15) is 0 Å². The first-order chi connectivity index (χ1) is 17.0. The minimum Gasteiger partial charge on any atom is -0.383 e. The first kappa shape index (κ1) is 24.8. The van der Waals surface area contributed by atoms with E-state index < -0.39 is 0 Å². The van der Waals surface area contributed by atoms with Crippen molar-refractivity contribution in [1.29, 1.82) is 0 Å². The molecule has 3 aromatic rings. The topological polar surface area (TPSA) is 71.2 Å². The molecule has 2 aliphatic heterocycles. The smallest absolute Gasteiger partial charge is 0.251 e. The van der Waals surface area contributed by atoms with Crippen LogP contribution in [-0.2, 0) is 6.42 Å². The van der Waals surface area contributed by atoms with Crippen molar-refractivity contribution in [2.45, 2.75) is 47.0 Å². The van der Waals surface area contributed by atoms with Crippen LogP contribution in [0.2, 0.25) is 0 Å². The third kappa shape index (κ3) is 5.34. The molecule has 5 rings (SSSR count). The second-order valence-corrected chi connectivity index (χ2v) is 9.67. The first-order valence-electron chi connectivity index (χ1n) is 13.0. The van der Waals surface area contributed by atoms with E-state index in [1.54, 1.807) is 0 Å². The van der Waals surface area contributed by atoms with Gasteiger partial charge in [-0.25, -0.2) is 4.98 Å². The second-order valence-electron chi connectivity index (χ2n) is 9.67. The number of carbonyl (C=O) groups excluding carboxylic acids is 1. The number of aromatic nitrogens is 1. The van der Waals surface area contributed by atoms with Crippen molar-refractivity contribution in [2.24, 2.45) is 11.8 Å². The predicted octanol–water partition coefficient (Wildman–Crippen LogP) is 6.18. The highest BCUT2D eigenvalue weighted by Crippen LogP contribution is 2.33. The molecule has 0 radical (unpaired) electrons. The minimum absolute atomic E-state index is 0.00356. The summed E-state index contributed by atoms with van der Waals surface area (Å²) in [6.45, 7) is 11.6. The molecule has 3 heterocycles. The van der Waals surface area contributed by atoms with Gasteiger partial charge in [-0.05, 0) is 72.1 Å². The molecule has 1 atom stereocenters. The Kier molecular flexibility index (Phi) is 7.74. The van der Waals surface area contributed by atoms with Gasteiger partial charge in [-0.3, -0.25) is 4.79 Å². The lowest BCUT2D eigenvalue weighted by Crippen LogP contribution is -2.37. The normalized spacial score (nSPS) is 17.3. The van der Waals surface area contributed by atoms with Crippen molar-refractivity contribution in [3.63, 3.8) is 0 Å². The zero-order valence-electron chi connectivity index (χ0n) is 21.5. The highest BCUT2D eigenvalue weighted by Gasteiger charge is 2.22. The number of nitrogens with one attached hydrogen (secondary N) is 1. The minimum atomic E-state index is -0.00356. The van der Waals surface area contributed by atoms with Crippen molar-refractivity contribution >= 4 is 17.4 Å². The Morgan fingerprint density at radius 2 is 1.74 bits per heavy atom. The molecule has 1 unspecified atom stereocenters. The van der Waals surface area contributed by atoms with Crippen molar-refractivity contribution in [1.82, 2.24) is 10.3 Å². The van der Waals surface area contributed by atoms with Crippen LogP contribution in [0.25, 0.3) is 22.3 Å². The van der Waals surface area contributed by atoms with E-state index in [4.69, 9.17) is 5.73 Å². The van der Waals surface area contributed by atoms with E-state index in [1.165, 1.54) is 18.5 Å². The lowest BCUT2D eigenvalue weighted by atomic mass is 9.87. The number of carbonyl (C=O) groups is 1. The Labute approximate surface area is 209 Å². The van der Waals surface area contributed by atoms with Gasteiger partial charge in [-0.15, -0.1) is 0 Å². The van der Waals surface area contributed by atoms with Crippen molar-refractivity contribution in [2.75, 3.05) is 30.3 Å². The molecule has 3 N–H and O–H groups in total. The number of hydrogen-bond acceptors (Lipinski definition) is 4. The summed E-state index contributed by atoms with van der Waals surface area (Å²) in [6.07, 6.45) is 5.27. The van der Waals surface area contributed by atoms with E-state index >= 15 is 0 Å². The quantitative estimate of drug-likeness (QED) is 0.477. The van der Waals surface area contributed by atoms with Gasteiger partial charge in [-0.1, -0.05) is 52.0 Å². The van der Waals surface area contributed by atoms with Gasteiger partial charge in [0, 0.05) is 48.2 Å². The van der Waals surface area contributed by atoms with Gasteiger partial charge in [0.25, 0.3) is 5.91 Å². The molecule has 1 saturated heterocycles. The maximum Gasteiger partial charge on any atom is 0.251 e. The molecule has 1 fully saturated rings. The fourth-order valence-corrected chi connectivity index (χ4v) is 5.11. The van der Waals surface area contributed by atoms with Crippen LogP contribution in [0, 0.1) is 11.8 Å². The fraction of sp³-hybridized carbons (Fsp3) is 0.400. The van der Waals surface area contributed by atoms with Gasteiger partial charge < -0.3 is 16.0 Å². The molecule has 0 aliphatic carbocycles. The molecule has 1 amide bonds. The molecule has 5 nitrogen and oxygen atoms in total. The van der Waals surface area contributed by atoms with Crippen LogP contribution in [0.1, 0.15) is 56.5 Å². The van der Waals surface area contributed by atoms with E-state index in [1.807, 2.05) is 32.2 Å².